The number of Topliss-reactive ketones (excluding diaryl/α,β-unsaturated/α-hetero) is 1. The van der Waals surface area contributed by atoms with Crippen LogP contribution in [0, 0.1) is 5.82 Å². The average Bonchev–Trinajstić information content (AvgIpc) is 2.69. The Morgan fingerprint density at radius 2 is 2.00 bits per heavy atom. The van der Waals surface area contributed by atoms with Crippen LogP contribution in [0.3, 0.4) is 0 Å². The summed E-state index contributed by atoms with van der Waals surface area (Å²) in [4.78, 5) is 36.3. The summed E-state index contributed by atoms with van der Waals surface area (Å²) >= 11 is 0. The first-order valence-electron chi connectivity index (χ1n) is 8.25. The van der Waals surface area contributed by atoms with E-state index in [9.17, 15) is 19.1 Å². The molecule has 0 unspecified atom stereocenters. The Hall–Kier alpha value is -3.26. The predicted molar refractivity (Wildman–Crippen MR) is 95.5 cm³/mol. The Bertz CT molecular complexity index is 1050. The fourth-order valence-corrected chi connectivity index (χ4v) is 2.62. The van der Waals surface area contributed by atoms with Gasteiger partial charge in [-0.15, -0.1) is 0 Å². The number of carbonyl (C=O) groups is 1. The van der Waals surface area contributed by atoms with Gasteiger partial charge in [0.15, 0.2) is 5.78 Å². The van der Waals surface area contributed by atoms with Crippen LogP contribution in [-0.2, 0) is 20.1 Å². The van der Waals surface area contributed by atoms with Gasteiger partial charge in [-0.25, -0.2) is 19.3 Å². The summed E-state index contributed by atoms with van der Waals surface area (Å²) in [6.07, 6.45) is 3.11. The van der Waals surface area contributed by atoms with Crippen molar-refractivity contribution in [3.8, 4) is 11.3 Å². The molecule has 2 aromatic heterocycles. The van der Waals surface area contributed by atoms with E-state index >= 15 is 0 Å². The van der Waals surface area contributed by atoms with Gasteiger partial charge in [-0.1, -0.05) is 0 Å². The fourth-order valence-electron chi connectivity index (χ4n) is 2.62. The van der Waals surface area contributed by atoms with Crippen LogP contribution in [0.5, 0.6) is 0 Å². The number of aliphatic hydroxyl groups excluding tert-OH is 1. The normalized spacial score (nSPS) is 10.8. The second-order valence-electron chi connectivity index (χ2n) is 5.93. The van der Waals surface area contributed by atoms with Gasteiger partial charge in [0.2, 0.25) is 0 Å². The molecule has 2 heterocycles. The van der Waals surface area contributed by atoms with Gasteiger partial charge >= 0.3 is 0 Å². The maximum Gasteiger partial charge on any atom is 0.253 e. The van der Waals surface area contributed by atoms with Gasteiger partial charge in [0.05, 0.1) is 12.3 Å². The Morgan fingerprint density at radius 3 is 2.78 bits per heavy atom. The number of hydrogen-bond donors (Lipinski definition) is 1. The number of ketones is 1. The number of rotatable bonds is 6. The molecule has 0 bridgehead atoms. The first-order chi connectivity index (χ1) is 13.0. The van der Waals surface area contributed by atoms with E-state index in [4.69, 9.17) is 0 Å². The summed E-state index contributed by atoms with van der Waals surface area (Å²) in [7, 11) is 1.60. The Morgan fingerprint density at radius 1 is 1.19 bits per heavy atom. The number of aromatic nitrogens is 4. The molecule has 1 N–H and O–H groups in total. The van der Waals surface area contributed by atoms with E-state index in [0.717, 1.165) is 0 Å². The van der Waals surface area contributed by atoms with Crippen molar-refractivity contribution in [2.75, 3.05) is 0 Å². The standard InChI is InChI=1S/C19H17FN4O3/c1-24-18(21-7-6-19(24)27)5-4-17(26)16-9-15(22-11-23-16)12-2-3-14(20)13(8-12)10-25/h2-3,6-9,11,25H,4-5,10H2,1H3. The molecule has 1 aromatic carbocycles. The van der Waals surface area contributed by atoms with E-state index in [1.807, 2.05) is 0 Å². The van der Waals surface area contributed by atoms with Crippen LogP contribution < -0.4 is 5.56 Å². The molecule has 8 heteroatoms. The van der Waals surface area contributed by atoms with Crippen LogP contribution in [-0.4, -0.2) is 30.4 Å². The summed E-state index contributed by atoms with van der Waals surface area (Å²) in [5.41, 5.74) is 1.20. The summed E-state index contributed by atoms with van der Waals surface area (Å²) in [6.45, 7) is -0.431. The highest BCUT2D eigenvalue weighted by atomic mass is 19.1. The minimum absolute atomic E-state index is 0.131. The topological polar surface area (TPSA) is 98.0 Å². The van der Waals surface area contributed by atoms with Crippen molar-refractivity contribution in [3.63, 3.8) is 0 Å². The van der Waals surface area contributed by atoms with Gasteiger partial charge in [0.1, 0.15) is 23.7 Å². The van der Waals surface area contributed by atoms with E-state index in [0.29, 0.717) is 23.5 Å². The van der Waals surface area contributed by atoms with Gasteiger partial charge in [0, 0.05) is 43.3 Å². The number of aliphatic hydroxyl groups is 1. The lowest BCUT2D eigenvalue weighted by Gasteiger charge is -2.07. The first kappa shape index (κ1) is 18.5. The molecule has 27 heavy (non-hydrogen) atoms. The molecular weight excluding hydrogens is 351 g/mol. The predicted octanol–water partition coefficient (Wildman–Crippen LogP) is 1.68. The third-order valence-electron chi connectivity index (χ3n) is 4.20. The number of hydrogen-bond acceptors (Lipinski definition) is 6. The van der Waals surface area contributed by atoms with Crippen molar-refractivity contribution < 1.29 is 14.3 Å². The highest BCUT2D eigenvalue weighted by Crippen LogP contribution is 2.21. The number of aryl methyl sites for hydroxylation is 1. The van der Waals surface area contributed by atoms with Crippen LogP contribution in [0.4, 0.5) is 4.39 Å². The third kappa shape index (κ3) is 4.12. The van der Waals surface area contributed by atoms with Crippen LogP contribution in [0.1, 0.15) is 28.3 Å². The van der Waals surface area contributed by atoms with Crippen molar-refractivity contribution in [3.05, 3.63) is 76.1 Å². The summed E-state index contributed by atoms with van der Waals surface area (Å²) in [5.74, 6) is -0.218. The first-order valence-corrected chi connectivity index (χ1v) is 8.25. The van der Waals surface area contributed by atoms with E-state index in [1.165, 1.54) is 47.4 Å². The van der Waals surface area contributed by atoms with Crippen molar-refractivity contribution in [1.82, 2.24) is 19.5 Å². The van der Waals surface area contributed by atoms with Crippen molar-refractivity contribution in [2.45, 2.75) is 19.4 Å². The number of nitrogens with zero attached hydrogens (tertiary/aromatic N) is 4. The van der Waals surface area contributed by atoms with E-state index < -0.39 is 12.4 Å². The zero-order valence-electron chi connectivity index (χ0n) is 14.6. The fraction of sp³-hybridized carbons (Fsp3) is 0.211. The zero-order chi connectivity index (χ0) is 19.4. The molecule has 0 aliphatic carbocycles. The minimum atomic E-state index is -0.507. The van der Waals surface area contributed by atoms with Gasteiger partial charge in [0.25, 0.3) is 5.56 Å². The largest absolute Gasteiger partial charge is 0.392 e. The van der Waals surface area contributed by atoms with E-state index in [-0.39, 0.29) is 29.0 Å². The molecule has 0 spiro atoms. The van der Waals surface area contributed by atoms with Crippen molar-refractivity contribution in [1.29, 1.82) is 0 Å². The maximum atomic E-state index is 13.5. The lowest BCUT2D eigenvalue weighted by atomic mass is 10.1. The van der Waals surface area contributed by atoms with Gasteiger partial charge in [-0.3, -0.25) is 14.2 Å². The molecule has 0 radical (unpaired) electrons. The molecule has 0 aliphatic rings. The molecule has 0 aliphatic heterocycles. The smallest absolute Gasteiger partial charge is 0.253 e. The molecule has 7 nitrogen and oxygen atoms in total. The molecule has 3 aromatic rings. The Kier molecular flexibility index (Phi) is 5.46. The Balaban J connectivity index is 1.79. The van der Waals surface area contributed by atoms with E-state index in [1.54, 1.807) is 7.05 Å². The maximum absolute atomic E-state index is 13.5. The zero-order valence-corrected chi connectivity index (χ0v) is 14.6. The van der Waals surface area contributed by atoms with Crippen LogP contribution in [0.2, 0.25) is 0 Å². The number of benzene rings is 1. The lowest BCUT2D eigenvalue weighted by molar-refractivity contribution is 0.0977. The SMILES string of the molecule is Cn1c(CCC(=O)c2cc(-c3ccc(F)c(CO)c3)ncn2)nccc1=O. The summed E-state index contributed by atoms with van der Waals surface area (Å²) in [6, 6.07) is 7.12. The van der Waals surface area contributed by atoms with Gasteiger partial charge < -0.3 is 5.11 Å². The monoisotopic (exact) mass is 368 g/mol. The highest BCUT2D eigenvalue weighted by Gasteiger charge is 2.13. The number of carbonyl (C=O) groups excluding carboxylic acids is 1. The number of halogens is 1. The van der Waals surface area contributed by atoms with Crippen LogP contribution >= 0.6 is 0 Å². The average molecular weight is 368 g/mol. The highest BCUT2D eigenvalue weighted by molar-refractivity contribution is 5.95. The second-order valence-corrected chi connectivity index (χ2v) is 5.93. The Labute approximate surface area is 154 Å². The van der Waals surface area contributed by atoms with E-state index in [2.05, 4.69) is 15.0 Å². The van der Waals surface area contributed by atoms with Crippen LogP contribution in [0.15, 0.2) is 47.7 Å². The second kappa shape index (κ2) is 7.96. The lowest BCUT2D eigenvalue weighted by Crippen LogP contribution is -2.21. The molecule has 0 saturated heterocycles. The molecule has 3 rings (SSSR count). The quantitative estimate of drug-likeness (QED) is 0.665. The minimum Gasteiger partial charge on any atom is -0.392 e. The summed E-state index contributed by atoms with van der Waals surface area (Å²) in [5, 5.41) is 9.20. The summed E-state index contributed by atoms with van der Waals surface area (Å²) < 4.78 is 14.9. The van der Waals surface area contributed by atoms with Crippen molar-refractivity contribution >= 4 is 5.78 Å². The van der Waals surface area contributed by atoms with Gasteiger partial charge in [-0.05, 0) is 24.3 Å². The molecule has 0 fully saturated rings. The van der Waals surface area contributed by atoms with Crippen molar-refractivity contribution in [2.24, 2.45) is 7.05 Å². The molecule has 0 atom stereocenters. The molecule has 138 valence electrons. The molecular formula is C19H17FN4O3. The molecule has 0 saturated carbocycles. The molecule has 0 amide bonds. The van der Waals surface area contributed by atoms with Gasteiger partial charge in [-0.2, -0.15) is 0 Å². The van der Waals surface area contributed by atoms with Crippen LogP contribution in [0.25, 0.3) is 11.3 Å². The third-order valence-corrected chi connectivity index (χ3v) is 4.20.